The predicted molar refractivity (Wildman–Crippen MR) is 83.4 cm³/mol. The molecule has 1 saturated heterocycles. The van der Waals surface area contributed by atoms with Crippen LogP contribution < -0.4 is 4.74 Å². The number of rotatable bonds is 8. The number of hydrogen-bond acceptors (Lipinski definition) is 4. The van der Waals surface area contributed by atoms with Crippen LogP contribution in [0, 0.1) is 0 Å². The zero-order valence-electron chi connectivity index (χ0n) is 13.0. The molecular weight excluding hydrogens is 282 g/mol. The molecule has 1 fully saturated rings. The lowest BCUT2D eigenvalue weighted by Gasteiger charge is -2.22. The third-order valence-corrected chi connectivity index (χ3v) is 4.02. The molecule has 1 unspecified atom stereocenters. The standard InChI is InChI=1S/C17H23NO4/c1-2-22-15-7-5-13(6-8-15)16(19)9-11-18-10-3-4-14(18)12-17(20)21/h5-8,14H,2-4,9-12H2,1H3,(H,20,21). The zero-order chi connectivity index (χ0) is 15.9. The fraction of sp³-hybridized carbons (Fsp3) is 0.529. The quantitative estimate of drug-likeness (QED) is 0.748. The van der Waals surface area contributed by atoms with Gasteiger partial charge in [-0.2, -0.15) is 0 Å². The van der Waals surface area contributed by atoms with Crippen LogP contribution in [0.4, 0.5) is 0 Å². The molecule has 2 rings (SSSR count). The van der Waals surface area contributed by atoms with Crippen LogP contribution >= 0.6 is 0 Å². The molecule has 1 aromatic carbocycles. The third kappa shape index (κ3) is 4.56. The van der Waals surface area contributed by atoms with E-state index >= 15 is 0 Å². The van der Waals surface area contributed by atoms with Crippen LogP contribution in [0.2, 0.25) is 0 Å². The van der Waals surface area contributed by atoms with E-state index in [9.17, 15) is 9.59 Å². The average Bonchev–Trinajstić information content (AvgIpc) is 2.92. The molecule has 0 spiro atoms. The summed E-state index contributed by atoms with van der Waals surface area (Å²) in [5, 5.41) is 8.91. The largest absolute Gasteiger partial charge is 0.494 e. The van der Waals surface area contributed by atoms with E-state index in [4.69, 9.17) is 9.84 Å². The maximum Gasteiger partial charge on any atom is 0.304 e. The second-order valence-corrected chi connectivity index (χ2v) is 5.56. The number of carboxylic acid groups (broad SMARTS) is 1. The van der Waals surface area contributed by atoms with Gasteiger partial charge in [-0.1, -0.05) is 0 Å². The topological polar surface area (TPSA) is 66.8 Å². The van der Waals surface area contributed by atoms with Crippen molar-refractivity contribution in [2.45, 2.75) is 38.6 Å². The average molecular weight is 305 g/mol. The maximum absolute atomic E-state index is 12.2. The highest BCUT2D eigenvalue weighted by molar-refractivity contribution is 5.96. The van der Waals surface area contributed by atoms with Gasteiger partial charge >= 0.3 is 5.97 Å². The van der Waals surface area contributed by atoms with Crippen molar-refractivity contribution in [2.24, 2.45) is 0 Å². The summed E-state index contributed by atoms with van der Waals surface area (Å²) in [6.45, 7) is 4.04. The summed E-state index contributed by atoms with van der Waals surface area (Å²) < 4.78 is 5.36. The number of ketones is 1. The highest BCUT2D eigenvalue weighted by atomic mass is 16.5. The number of aliphatic carboxylic acids is 1. The van der Waals surface area contributed by atoms with Gasteiger partial charge in [-0.3, -0.25) is 14.5 Å². The van der Waals surface area contributed by atoms with E-state index in [2.05, 4.69) is 4.90 Å². The molecule has 1 aliphatic heterocycles. The van der Waals surface area contributed by atoms with E-state index in [0.717, 1.165) is 25.1 Å². The second kappa shape index (κ2) is 7.94. The van der Waals surface area contributed by atoms with Crippen LogP contribution in [-0.4, -0.2) is 47.5 Å². The van der Waals surface area contributed by atoms with E-state index in [1.54, 1.807) is 24.3 Å². The monoisotopic (exact) mass is 305 g/mol. The van der Waals surface area contributed by atoms with Crippen LogP contribution in [0.15, 0.2) is 24.3 Å². The molecule has 22 heavy (non-hydrogen) atoms. The lowest BCUT2D eigenvalue weighted by atomic mass is 10.1. The molecule has 0 aromatic heterocycles. The summed E-state index contributed by atoms with van der Waals surface area (Å²) in [6, 6.07) is 7.25. The van der Waals surface area contributed by atoms with Crippen molar-refractivity contribution in [2.75, 3.05) is 19.7 Å². The molecule has 5 nitrogen and oxygen atoms in total. The first-order valence-electron chi connectivity index (χ1n) is 7.82. The van der Waals surface area contributed by atoms with Gasteiger partial charge in [-0.25, -0.2) is 0 Å². The molecule has 120 valence electrons. The molecule has 5 heteroatoms. The van der Waals surface area contributed by atoms with Gasteiger partial charge in [0.05, 0.1) is 13.0 Å². The molecule has 1 aromatic rings. The van der Waals surface area contributed by atoms with Crippen molar-refractivity contribution < 1.29 is 19.4 Å². The minimum Gasteiger partial charge on any atom is -0.494 e. The Balaban J connectivity index is 1.85. The fourth-order valence-electron chi connectivity index (χ4n) is 2.92. The number of carbonyl (C=O) groups excluding carboxylic acids is 1. The Morgan fingerprint density at radius 3 is 2.68 bits per heavy atom. The molecule has 0 radical (unpaired) electrons. The minimum atomic E-state index is -0.769. The Kier molecular flexibility index (Phi) is 5.95. The number of carboxylic acids is 1. The van der Waals surface area contributed by atoms with Crippen LogP contribution in [0.5, 0.6) is 5.75 Å². The van der Waals surface area contributed by atoms with Crippen LogP contribution in [0.1, 0.15) is 43.0 Å². The maximum atomic E-state index is 12.2. The summed E-state index contributed by atoms with van der Waals surface area (Å²) >= 11 is 0. The lowest BCUT2D eigenvalue weighted by Crippen LogP contribution is -2.33. The summed E-state index contributed by atoms with van der Waals surface area (Å²) in [5.41, 5.74) is 0.678. The number of carbonyl (C=O) groups is 2. The van der Waals surface area contributed by atoms with Gasteiger partial charge < -0.3 is 9.84 Å². The van der Waals surface area contributed by atoms with Gasteiger partial charge in [0.1, 0.15) is 5.75 Å². The van der Waals surface area contributed by atoms with Gasteiger partial charge in [0, 0.05) is 24.6 Å². The van der Waals surface area contributed by atoms with E-state index < -0.39 is 5.97 Å². The molecule has 0 saturated carbocycles. The number of likely N-dealkylation sites (tertiary alicyclic amines) is 1. The molecular formula is C17H23NO4. The van der Waals surface area contributed by atoms with Crippen molar-refractivity contribution in [3.63, 3.8) is 0 Å². The van der Waals surface area contributed by atoms with Crippen molar-refractivity contribution in [1.29, 1.82) is 0 Å². The van der Waals surface area contributed by atoms with Gasteiger partial charge in [0.2, 0.25) is 0 Å². The van der Waals surface area contributed by atoms with Crippen molar-refractivity contribution in [3.8, 4) is 5.75 Å². The highest BCUT2D eigenvalue weighted by Crippen LogP contribution is 2.21. The van der Waals surface area contributed by atoms with Crippen LogP contribution in [-0.2, 0) is 4.79 Å². The predicted octanol–water partition coefficient (Wildman–Crippen LogP) is 2.60. The van der Waals surface area contributed by atoms with Gasteiger partial charge in [0.15, 0.2) is 5.78 Å². The number of nitrogens with zero attached hydrogens (tertiary/aromatic N) is 1. The van der Waals surface area contributed by atoms with E-state index in [-0.39, 0.29) is 18.2 Å². The molecule has 1 heterocycles. The van der Waals surface area contributed by atoms with Crippen LogP contribution in [0.25, 0.3) is 0 Å². The lowest BCUT2D eigenvalue weighted by molar-refractivity contribution is -0.138. The van der Waals surface area contributed by atoms with E-state index in [1.165, 1.54) is 0 Å². The first kappa shape index (κ1) is 16.5. The molecule has 0 aliphatic carbocycles. The molecule has 1 N–H and O–H groups in total. The number of benzene rings is 1. The number of Topliss-reactive ketones (excluding diaryl/α,β-unsaturated/α-hetero) is 1. The normalized spacial score (nSPS) is 18.3. The molecule has 1 aliphatic rings. The summed E-state index contributed by atoms with van der Waals surface area (Å²) in [6.07, 6.45) is 2.50. The zero-order valence-corrected chi connectivity index (χ0v) is 13.0. The summed E-state index contributed by atoms with van der Waals surface area (Å²) in [4.78, 5) is 25.2. The first-order valence-corrected chi connectivity index (χ1v) is 7.82. The molecule has 0 amide bonds. The third-order valence-electron chi connectivity index (χ3n) is 4.02. The summed E-state index contributed by atoms with van der Waals surface area (Å²) in [7, 11) is 0. The number of hydrogen-bond donors (Lipinski definition) is 1. The molecule has 0 bridgehead atoms. The van der Waals surface area contributed by atoms with Crippen molar-refractivity contribution >= 4 is 11.8 Å². The van der Waals surface area contributed by atoms with E-state index in [1.807, 2.05) is 6.92 Å². The Bertz CT molecular complexity index is 512. The van der Waals surface area contributed by atoms with Crippen LogP contribution in [0.3, 0.4) is 0 Å². The Morgan fingerprint density at radius 2 is 2.05 bits per heavy atom. The summed E-state index contributed by atoms with van der Waals surface area (Å²) in [5.74, 6) is 0.0823. The first-order chi connectivity index (χ1) is 10.6. The minimum absolute atomic E-state index is 0.0747. The second-order valence-electron chi connectivity index (χ2n) is 5.56. The Morgan fingerprint density at radius 1 is 1.32 bits per heavy atom. The number of ether oxygens (including phenoxy) is 1. The fourth-order valence-corrected chi connectivity index (χ4v) is 2.92. The Hall–Kier alpha value is -1.88. The smallest absolute Gasteiger partial charge is 0.304 e. The molecule has 1 atom stereocenters. The van der Waals surface area contributed by atoms with Gasteiger partial charge in [-0.15, -0.1) is 0 Å². The van der Waals surface area contributed by atoms with Gasteiger partial charge in [0.25, 0.3) is 0 Å². The van der Waals surface area contributed by atoms with Crippen molar-refractivity contribution in [1.82, 2.24) is 4.90 Å². The SMILES string of the molecule is CCOc1ccc(C(=O)CCN2CCCC2CC(=O)O)cc1. The highest BCUT2D eigenvalue weighted by Gasteiger charge is 2.26. The van der Waals surface area contributed by atoms with Crippen molar-refractivity contribution in [3.05, 3.63) is 29.8 Å². The van der Waals surface area contributed by atoms with Gasteiger partial charge in [-0.05, 0) is 50.6 Å². The van der Waals surface area contributed by atoms with E-state index in [0.29, 0.717) is 25.1 Å². The Labute approximate surface area is 130 Å².